The fourth-order valence-corrected chi connectivity index (χ4v) is 10.8. The SMILES string of the molecule is [2H]c1c([2H])c(N(c2ccc(-c3ccc(-c4ccccc4)cc3)cc2)c2ccc3c(c2)C(c2ccccc2)(c2ccccc2)c2ccccc2-3)c([2H])c([2H])c1-c1ccc2sc3ccccc3c2c1. The zero-order valence-electron chi connectivity index (χ0n) is 38.2. The first-order valence-electron chi connectivity index (χ1n) is 23.3. The van der Waals surface area contributed by atoms with E-state index in [0.29, 0.717) is 11.3 Å². The van der Waals surface area contributed by atoms with Crippen LogP contribution in [0.3, 0.4) is 0 Å². The summed E-state index contributed by atoms with van der Waals surface area (Å²) in [5, 5.41) is 2.15. The highest BCUT2D eigenvalue weighted by molar-refractivity contribution is 7.25. The van der Waals surface area contributed by atoms with E-state index in [1.54, 1.807) is 11.3 Å². The Labute approximate surface area is 378 Å². The Morgan fingerprint density at radius 2 is 0.841 bits per heavy atom. The monoisotopic (exact) mass is 823 g/mol. The number of anilines is 3. The molecule has 12 rings (SSSR count). The van der Waals surface area contributed by atoms with Crippen LogP contribution in [0.1, 0.15) is 27.7 Å². The van der Waals surface area contributed by atoms with Crippen molar-refractivity contribution in [3.63, 3.8) is 0 Å². The van der Waals surface area contributed by atoms with Gasteiger partial charge in [0.15, 0.2) is 0 Å². The maximum Gasteiger partial charge on any atom is 0.0714 e. The number of nitrogens with zero attached hydrogens (tertiary/aromatic N) is 1. The molecule has 1 aliphatic rings. The van der Waals surface area contributed by atoms with E-state index < -0.39 is 5.41 Å². The van der Waals surface area contributed by atoms with Crippen LogP contribution in [0, 0.1) is 0 Å². The van der Waals surface area contributed by atoms with Gasteiger partial charge in [-0.05, 0) is 121 Å². The molecule has 296 valence electrons. The molecule has 0 radical (unpaired) electrons. The second-order valence-electron chi connectivity index (χ2n) is 16.1. The normalized spacial score (nSPS) is 13.5. The second kappa shape index (κ2) is 15.3. The second-order valence-corrected chi connectivity index (χ2v) is 17.2. The first-order valence-corrected chi connectivity index (χ1v) is 22.2. The van der Waals surface area contributed by atoms with Crippen LogP contribution in [0.5, 0.6) is 0 Å². The van der Waals surface area contributed by atoms with Gasteiger partial charge in [-0.25, -0.2) is 0 Å². The summed E-state index contributed by atoms with van der Waals surface area (Å²) in [5.41, 5.74) is 13.0. The fraction of sp³-hybridized carbons (Fsp3) is 0.0164. The van der Waals surface area contributed by atoms with Gasteiger partial charge in [-0.1, -0.05) is 194 Å². The van der Waals surface area contributed by atoms with Crippen molar-refractivity contribution in [3.8, 4) is 44.5 Å². The number of benzene rings is 10. The summed E-state index contributed by atoms with van der Waals surface area (Å²) in [5.74, 6) is 0. The van der Waals surface area contributed by atoms with Crippen molar-refractivity contribution < 1.29 is 5.48 Å². The predicted octanol–water partition coefficient (Wildman–Crippen LogP) is 16.9. The number of hydrogen-bond acceptors (Lipinski definition) is 2. The van der Waals surface area contributed by atoms with Gasteiger partial charge in [0.1, 0.15) is 0 Å². The van der Waals surface area contributed by atoms with Gasteiger partial charge in [-0.3, -0.25) is 0 Å². The van der Waals surface area contributed by atoms with Gasteiger partial charge in [-0.15, -0.1) is 11.3 Å². The van der Waals surface area contributed by atoms with Gasteiger partial charge < -0.3 is 4.90 Å². The Kier molecular flexibility index (Phi) is 7.99. The molecule has 0 atom stereocenters. The zero-order chi connectivity index (χ0) is 45.2. The Bertz CT molecular complexity index is 3590. The summed E-state index contributed by atoms with van der Waals surface area (Å²) in [6, 6.07) is 77.3. The molecule has 1 nitrogen and oxygen atoms in total. The lowest BCUT2D eigenvalue weighted by molar-refractivity contribution is 0.768. The molecule has 0 fully saturated rings. The molecule has 0 N–H and O–H groups in total. The fourth-order valence-electron chi connectivity index (χ4n) is 9.71. The molecule has 63 heavy (non-hydrogen) atoms. The molecule has 1 heterocycles. The maximum absolute atomic E-state index is 9.86. The molecule has 0 bridgehead atoms. The van der Waals surface area contributed by atoms with Crippen molar-refractivity contribution in [2.45, 2.75) is 5.41 Å². The van der Waals surface area contributed by atoms with Crippen molar-refractivity contribution >= 4 is 48.6 Å². The Morgan fingerprint density at radius 1 is 0.333 bits per heavy atom. The third-order valence-corrected chi connectivity index (χ3v) is 13.8. The lowest BCUT2D eigenvalue weighted by atomic mass is 9.67. The van der Waals surface area contributed by atoms with E-state index in [1.165, 1.54) is 5.56 Å². The minimum absolute atomic E-state index is 0.0912. The molecular formula is C61H41NS. The number of thiophene rings is 1. The lowest BCUT2D eigenvalue weighted by Crippen LogP contribution is -2.28. The van der Waals surface area contributed by atoms with E-state index in [2.05, 4.69) is 164 Å². The predicted molar refractivity (Wildman–Crippen MR) is 268 cm³/mol. The van der Waals surface area contributed by atoms with Gasteiger partial charge in [0.2, 0.25) is 0 Å². The Morgan fingerprint density at radius 3 is 1.52 bits per heavy atom. The highest BCUT2D eigenvalue weighted by Crippen LogP contribution is 2.57. The van der Waals surface area contributed by atoms with Gasteiger partial charge in [-0.2, -0.15) is 0 Å². The first-order chi connectivity index (χ1) is 32.9. The Hall–Kier alpha value is -7.78. The molecule has 2 heteroatoms. The molecule has 0 saturated carbocycles. The van der Waals surface area contributed by atoms with E-state index >= 15 is 0 Å². The quantitative estimate of drug-likeness (QED) is 0.148. The van der Waals surface area contributed by atoms with Crippen LogP contribution in [0.25, 0.3) is 64.7 Å². The van der Waals surface area contributed by atoms with Crippen molar-refractivity contribution in [2.75, 3.05) is 4.90 Å². The summed E-state index contributed by atoms with van der Waals surface area (Å²) in [7, 11) is 0. The molecule has 11 aromatic rings. The van der Waals surface area contributed by atoms with Crippen LogP contribution in [0.4, 0.5) is 17.1 Å². The molecule has 0 unspecified atom stereocenters. The van der Waals surface area contributed by atoms with Gasteiger partial charge in [0, 0.05) is 37.2 Å². The molecular weight excluding hydrogens is 779 g/mol. The summed E-state index contributed by atoms with van der Waals surface area (Å²) < 4.78 is 41.3. The van der Waals surface area contributed by atoms with E-state index in [9.17, 15) is 5.48 Å². The van der Waals surface area contributed by atoms with Gasteiger partial charge >= 0.3 is 0 Å². The van der Waals surface area contributed by atoms with Crippen LogP contribution >= 0.6 is 11.3 Å². The molecule has 0 spiro atoms. The van der Waals surface area contributed by atoms with Crippen LogP contribution in [-0.2, 0) is 5.41 Å². The zero-order valence-corrected chi connectivity index (χ0v) is 35.0. The number of hydrogen-bond donors (Lipinski definition) is 0. The molecule has 0 aliphatic heterocycles. The minimum Gasteiger partial charge on any atom is -0.310 e. The van der Waals surface area contributed by atoms with E-state index in [1.807, 2.05) is 65.6 Å². The largest absolute Gasteiger partial charge is 0.310 e. The molecule has 1 aliphatic carbocycles. The van der Waals surface area contributed by atoms with E-state index in [-0.39, 0.29) is 35.4 Å². The summed E-state index contributed by atoms with van der Waals surface area (Å²) in [6.45, 7) is 0. The number of fused-ring (bicyclic) bond motifs is 6. The first kappa shape index (κ1) is 32.9. The molecule has 0 saturated heterocycles. The summed E-state index contributed by atoms with van der Waals surface area (Å²) in [4.78, 5) is 1.92. The van der Waals surface area contributed by atoms with Crippen LogP contribution in [-0.4, -0.2) is 0 Å². The van der Waals surface area contributed by atoms with Crippen molar-refractivity contribution in [2.24, 2.45) is 0 Å². The summed E-state index contributed by atoms with van der Waals surface area (Å²) in [6.07, 6.45) is 0. The van der Waals surface area contributed by atoms with Gasteiger partial charge in [0.05, 0.1) is 10.9 Å². The van der Waals surface area contributed by atoms with Crippen molar-refractivity contribution in [1.29, 1.82) is 0 Å². The summed E-state index contributed by atoms with van der Waals surface area (Å²) >= 11 is 1.71. The van der Waals surface area contributed by atoms with Crippen LogP contribution < -0.4 is 4.90 Å². The van der Waals surface area contributed by atoms with Crippen molar-refractivity contribution in [3.05, 3.63) is 271 Å². The number of rotatable bonds is 8. The Balaban J connectivity index is 1.06. The lowest BCUT2D eigenvalue weighted by Gasteiger charge is -2.35. The van der Waals surface area contributed by atoms with Crippen LogP contribution in [0.15, 0.2) is 249 Å². The smallest absolute Gasteiger partial charge is 0.0714 e. The van der Waals surface area contributed by atoms with Gasteiger partial charge in [0.25, 0.3) is 0 Å². The highest BCUT2D eigenvalue weighted by atomic mass is 32.1. The maximum atomic E-state index is 9.86. The molecule has 1 aromatic heterocycles. The third kappa shape index (κ3) is 6.22. The van der Waals surface area contributed by atoms with Crippen LogP contribution in [0.2, 0.25) is 0 Å². The van der Waals surface area contributed by atoms with Crippen molar-refractivity contribution in [1.82, 2.24) is 0 Å². The minimum atomic E-state index is -0.686. The average Bonchev–Trinajstić information content (AvgIpc) is 3.91. The third-order valence-electron chi connectivity index (χ3n) is 12.7. The standard InChI is InChI=1S/C61H41NS/c1-4-14-42(15-5-1)43-24-26-44(27-25-43)45-28-33-50(34-29-45)62(51-35-30-46(31-36-51)47-32-39-60-56(40-47)55-21-11-13-23-59(55)63-60)52-37-38-54-53-20-10-12-22-57(53)61(58(54)41-52,48-16-6-2-7-17-48)49-18-8-3-9-19-49/h1-41H/i30D,31D,35D,36D. The highest BCUT2D eigenvalue weighted by Gasteiger charge is 2.46. The molecule has 10 aromatic carbocycles. The van der Waals surface area contributed by atoms with E-state index in [0.717, 1.165) is 75.9 Å². The molecule has 0 amide bonds. The van der Waals surface area contributed by atoms with E-state index in [4.69, 9.17) is 0 Å². The average molecular weight is 824 g/mol. The topological polar surface area (TPSA) is 3.24 Å².